The second kappa shape index (κ2) is 3.97. The number of carbonyl (C=O) groups is 1. The minimum atomic E-state index is -0.245. The molecular weight excluding hydrogens is 256 g/mol. The molecule has 19 heavy (non-hydrogen) atoms. The van der Waals surface area contributed by atoms with Crippen LogP contribution in [0.5, 0.6) is 0 Å². The summed E-state index contributed by atoms with van der Waals surface area (Å²) in [6.45, 7) is 2.10. The molecule has 1 saturated carbocycles. The molecular formula is C16H16O2S. The Labute approximate surface area is 117 Å². The maximum atomic E-state index is 12.1. The van der Waals surface area contributed by atoms with Crippen LogP contribution in [0.25, 0.3) is 0 Å². The average molecular weight is 272 g/mol. The topological polar surface area (TPSA) is 26.3 Å². The molecule has 2 heterocycles. The fourth-order valence-electron chi connectivity index (χ4n) is 3.73. The van der Waals surface area contributed by atoms with Crippen molar-refractivity contribution in [1.29, 1.82) is 0 Å². The highest BCUT2D eigenvalue weighted by Crippen LogP contribution is 2.59. The molecule has 2 aliphatic heterocycles. The molecule has 0 N–H and O–H groups in total. The number of carbonyl (C=O) groups excluding carboxylic acids is 1. The molecule has 0 unspecified atom stereocenters. The summed E-state index contributed by atoms with van der Waals surface area (Å²) < 4.78 is 6.06. The molecule has 1 saturated heterocycles. The molecule has 2 bridgehead atoms. The van der Waals surface area contributed by atoms with E-state index in [9.17, 15) is 4.79 Å². The van der Waals surface area contributed by atoms with Crippen LogP contribution in [-0.2, 0) is 9.53 Å². The maximum absolute atomic E-state index is 12.1. The fourth-order valence-corrected chi connectivity index (χ4v) is 4.82. The fraction of sp³-hybridized carbons (Fsp3) is 0.438. The molecule has 1 aromatic rings. The number of benzene rings is 1. The number of hydrogen-bond acceptors (Lipinski definition) is 3. The van der Waals surface area contributed by atoms with E-state index in [0.717, 1.165) is 12.8 Å². The van der Waals surface area contributed by atoms with Crippen LogP contribution in [0.3, 0.4) is 0 Å². The van der Waals surface area contributed by atoms with Crippen molar-refractivity contribution in [3.63, 3.8) is 0 Å². The third-order valence-corrected chi connectivity index (χ3v) is 5.99. The molecule has 98 valence electrons. The predicted molar refractivity (Wildman–Crippen MR) is 74.9 cm³/mol. The lowest BCUT2D eigenvalue weighted by atomic mass is 9.72. The van der Waals surface area contributed by atoms with E-state index < -0.39 is 0 Å². The largest absolute Gasteiger partial charge is 0.364 e. The summed E-state index contributed by atoms with van der Waals surface area (Å²) in [6, 6.07) is 10.4. The first-order valence-electron chi connectivity index (χ1n) is 6.83. The van der Waals surface area contributed by atoms with Crippen molar-refractivity contribution in [3.8, 4) is 0 Å². The lowest BCUT2D eigenvalue weighted by Crippen LogP contribution is -2.37. The second-order valence-electron chi connectivity index (χ2n) is 5.81. The standard InChI is InChI=1S/C16H16O2S/c1-16-11(7-8-13(16)17)15-12(9-14(16)18-15)19-10-5-3-2-4-6-10/h2-6,9,11,14-15H,7-8H2,1H3/t11-,14+,15+,16+/m0/s1. The highest BCUT2D eigenvalue weighted by atomic mass is 32.2. The zero-order valence-electron chi connectivity index (χ0n) is 10.8. The van der Waals surface area contributed by atoms with Crippen LogP contribution in [0.1, 0.15) is 19.8 Å². The van der Waals surface area contributed by atoms with Crippen molar-refractivity contribution >= 4 is 17.5 Å². The Morgan fingerprint density at radius 1 is 1.32 bits per heavy atom. The summed E-state index contributed by atoms with van der Waals surface area (Å²) >= 11 is 1.79. The van der Waals surface area contributed by atoms with Crippen molar-refractivity contribution in [1.82, 2.24) is 0 Å². The molecule has 4 rings (SSSR count). The first-order valence-corrected chi connectivity index (χ1v) is 7.64. The van der Waals surface area contributed by atoms with Crippen molar-refractivity contribution in [2.45, 2.75) is 36.9 Å². The Balaban J connectivity index is 1.64. The quantitative estimate of drug-likeness (QED) is 0.825. The first-order chi connectivity index (χ1) is 9.19. The van der Waals surface area contributed by atoms with Crippen LogP contribution in [0, 0.1) is 11.3 Å². The number of hydrogen-bond donors (Lipinski definition) is 0. The van der Waals surface area contributed by atoms with Gasteiger partial charge in [0, 0.05) is 22.1 Å². The maximum Gasteiger partial charge on any atom is 0.142 e. The van der Waals surface area contributed by atoms with Crippen molar-refractivity contribution in [3.05, 3.63) is 41.3 Å². The van der Waals surface area contributed by atoms with Gasteiger partial charge >= 0.3 is 0 Å². The predicted octanol–water partition coefficient (Wildman–Crippen LogP) is 3.43. The van der Waals surface area contributed by atoms with Gasteiger partial charge in [-0.1, -0.05) is 30.0 Å². The zero-order chi connectivity index (χ0) is 13.0. The van der Waals surface area contributed by atoms with E-state index in [-0.39, 0.29) is 17.6 Å². The molecule has 3 aliphatic rings. The molecule has 1 aromatic carbocycles. The summed E-state index contributed by atoms with van der Waals surface area (Å²) in [5, 5.41) is 0. The summed E-state index contributed by atoms with van der Waals surface area (Å²) in [6.07, 6.45) is 4.05. The van der Waals surface area contributed by atoms with Crippen LogP contribution in [0.15, 0.2) is 46.2 Å². The van der Waals surface area contributed by atoms with Crippen LogP contribution in [0.2, 0.25) is 0 Å². The molecule has 2 nitrogen and oxygen atoms in total. The summed E-state index contributed by atoms with van der Waals surface area (Å²) in [5.41, 5.74) is -0.245. The van der Waals surface area contributed by atoms with Gasteiger partial charge in [-0.05, 0) is 31.6 Å². The SMILES string of the molecule is C[C@]12C(=O)CC[C@H]1[C@H]1O[C@@H]2C=C1Sc1ccccc1. The Morgan fingerprint density at radius 3 is 2.89 bits per heavy atom. The molecule has 2 fully saturated rings. The van der Waals surface area contributed by atoms with Crippen molar-refractivity contribution in [2.75, 3.05) is 0 Å². The summed E-state index contributed by atoms with van der Waals surface area (Å²) in [7, 11) is 0. The van der Waals surface area contributed by atoms with Gasteiger partial charge in [0.15, 0.2) is 0 Å². The number of thioether (sulfide) groups is 1. The minimum Gasteiger partial charge on any atom is -0.364 e. The lowest BCUT2D eigenvalue weighted by Gasteiger charge is -2.29. The molecule has 0 aromatic heterocycles. The molecule has 0 radical (unpaired) electrons. The minimum absolute atomic E-state index is 0.00344. The van der Waals surface area contributed by atoms with Gasteiger partial charge < -0.3 is 4.74 Å². The van der Waals surface area contributed by atoms with Gasteiger partial charge in [0.25, 0.3) is 0 Å². The van der Waals surface area contributed by atoms with Gasteiger partial charge in [-0.25, -0.2) is 0 Å². The smallest absolute Gasteiger partial charge is 0.142 e. The summed E-state index contributed by atoms with van der Waals surface area (Å²) in [4.78, 5) is 14.7. The first kappa shape index (κ1) is 11.7. The molecule has 4 atom stereocenters. The van der Waals surface area contributed by atoms with E-state index >= 15 is 0 Å². The highest BCUT2D eigenvalue weighted by molar-refractivity contribution is 8.03. The van der Waals surface area contributed by atoms with Crippen LogP contribution in [-0.4, -0.2) is 18.0 Å². The Bertz CT molecular complexity index is 565. The monoisotopic (exact) mass is 272 g/mol. The zero-order valence-corrected chi connectivity index (χ0v) is 11.7. The van der Waals surface area contributed by atoms with E-state index in [1.165, 1.54) is 9.80 Å². The van der Waals surface area contributed by atoms with Gasteiger partial charge in [-0.2, -0.15) is 0 Å². The van der Waals surface area contributed by atoms with Crippen LogP contribution in [0.4, 0.5) is 0 Å². The Morgan fingerprint density at radius 2 is 2.11 bits per heavy atom. The number of ether oxygens (including phenoxy) is 1. The van der Waals surface area contributed by atoms with Gasteiger partial charge in [0.2, 0.25) is 0 Å². The molecule has 1 aliphatic carbocycles. The Hall–Kier alpha value is -1.06. The van der Waals surface area contributed by atoms with Gasteiger partial charge in [-0.3, -0.25) is 4.79 Å². The van der Waals surface area contributed by atoms with Crippen LogP contribution < -0.4 is 0 Å². The third-order valence-electron chi connectivity index (χ3n) is 4.88. The second-order valence-corrected chi connectivity index (χ2v) is 6.96. The van der Waals surface area contributed by atoms with E-state index in [0.29, 0.717) is 11.7 Å². The Kier molecular flexibility index (Phi) is 2.45. The third kappa shape index (κ3) is 1.52. The molecule has 3 heteroatoms. The van der Waals surface area contributed by atoms with Gasteiger partial charge in [0.05, 0.1) is 17.6 Å². The molecule has 0 amide bonds. The number of rotatable bonds is 2. The number of ketones is 1. The van der Waals surface area contributed by atoms with Crippen LogP contribution >= 0.6 is 11.8 Å². The van der Waals surface area contributed by atoms with Crippen molar-refractivity contribution in [2.24, 2.45) is 11.3 Å². The molecule has 0 spiro atoms. The highest BCUT2D eigenvalue weighted by Gasteiger charge is 2.63. The van der Waals surface area contributed by atoms with Gasteiger partial charge in [-0.15, -0.1) is 0 Å². The van der Waals surface area contributed by atoms with E-state index in [1.54, 1.807) is 11.8 Å². The van der Waals surface area contributed by atoms with E-state index in [1.807, 2.05) is 6.07 Å². The lowest BCUT2D eigenvalue weighted by molar-refractivity contribution is -0.127. The number of fused-ring (bicyclic) bond motifs is 5. The van der Waals surface area contributed by atoms with Crippen molar-refractivity contribution < 1.29 is 9.53 Å². The normalized spacial score (nSPS) is 39.5. The average Bonchev–Trinajstić information content (AvgIpc) is 3.03. The van der Waals surface area contributed by atoms with E-state index in [2.05, 4.69) is 37.3 Å². The van der Waals surface area contributed by atoms with E-state index in [4.69, 9.17) is 4.74 Å². The summed E-state index contributed by atoms with van der Waals surface area (Å²) in [5.74, 6) is 0.784. The van der Waals surface area contributed by atoms with Gasteiger partial charge in [0.1, 0.15) is 5.78 Å². The number of Topliss-reactive ketones (excluding diaryl/α,β-unsaturated/α-hetero) is 1.